The topological polar surface area (TPSA) is 121 Å². The van der Waals surface area contributed by atoms with E-state index in [1.54, 1.807) is 24.5 Å². The number of sulfone groups is 1. The first-order valence-electron chi connectivity index (χ1n) is 12.6. The van der Waals surface area contributed by atoms with Gasteiger partial charge in [-0.2, -0.15) is 4.98 Å². The molecular formula is C29H29N3O6S. The lowest BCUT2D eigenvalue weighted by Gasteiger charge is -2.27. The van der Waals surface area contributed by atoms with Gasteiger partial charge in [0.15, 0.2) is 4.90 Å². The molecule has 9 nitrogen and oxygen atoms in total. The fraction of sp³-hybridized carbons (Fsp3) is 0.276. The molecule has 1 aliphatic rings. The average Bonchev–Trinajstić information content (AvgIpc) is 3.48. The van der Waals surface area contributed by atoms with Crippen LogP contribution in [-0.4, -0.2) is 48.4 Å². The molecule has 3 heterocycles. The summed E-state index contributed by atoms with van der Waals surface area (Å²) in [5.74, 6) is -0.524. The summed E-state index contributed by atoms with van der Waals surface area (Å²) in [4.78, 5) is 20.7. The summed E-state index contributed by atoms with van der Waals surface area (Å²) in [5, 5.41) is 11.6. The van der Waals surface area contributed by atoms with Gasteiger partial charge in [-0.05, 0) is 60.2 Å². The molecule has 1 aliphatic heterocycles. The smallest absolute Gasteiger partial charge is 0.296 e. The van der Waals surface area contributed by atoms with Gasteiger partial charge in [-0.3, -0.25) is 14.3 Å². The Balaban J connectivity index is 1.67. The summed E-state index contributed by atoms with van der Waals surface area (Å²) in [7, 11) is -2.93. The Labute approximate surface area is 226 Å². The molecule has 1 unspecified atom stereocenters. The fourth-order valence-electron chi connectivity index (χ4n) is 4.95. The lowest BCUT2D eigenvalue weighted by atomic mass is 10.0. The van der Waals surface area contributed by atoms with Crippen LogP contribution in [0.25, 0.3) is 11.1 Å². The van der Waals surface area contributed by atoms with Crippen molar-refractivity contribution in [2.24, 2.45) is 0 Å². The highest BCUT2D eigenvalue weighted by molar-refractivity contribution is 7.91. The van der Waals surface area contributed by atoms with Gasteiger partial charge in [-0.15, -0.1) is 0 Å². The van der Waals surface area contributed by atoms with Crippen molar-refractivity contribution in [1.29, 1.82) is 0 Å². The van der Waals surface area contributed by atoms with Crippen molar-refractivity contribution in [3.63, 3.8) is 0 Å². The molecule has 0 saturated carbocycles. The molecule has 5 rings (SSSR count). The van der Waals surface area contributed by atoms with Crippen molar-refractivity contribution in [3.8, 4) is 17.0 Å². The first-order valence-corrected chi connectivity index (χ1v) is 14.1. The quantitative estimate of drug-likeness (QED) is 0.348. The highest BCUT2D eigenvalue weighted by Crippen LogP contribution is 2.37. The average molecular weight is 548 g/mol. The van der Waals surface area contributed by atoms with Crippen LogP contribution < -0.4 is 5.56 Å². The summed E-state index contributed by atoms with van der Waals surface area (Å²) >= 11 is 0. The molecule has 0 amide bonds. The number of hydrogen-bond acceptors (Lipinski definition) is 8. The predicted octanol–water partition coefficient (Wildman–Crippen LogP) is 4.24. The number of methoxy groups -OCH3 is 1. The van der Waals surface area contributed by atoms with E-state index < -0.39 is 38.3 Å². The SMILES string of the molecule is COC[C@@H](c1ccccc1)n1c(C2CCCO2)nc(=O)c(S(=O)(=O)c2ccc(-c3ccncc3C)cc2)c1O. The van der Waals surface area contributed by atoms with Gasteiger partial charge in [-0.25, -0.2) is 8.42 Å². The number of nitrogens with zero attached hydrogens (tertiary/aromatic N) is 3. The highest BCUT2D eigenvalue weighted by Gasteiger charge is 2.35. The van der Waals surface area contributed by atoms with Crippen LogP contribution in [-0.2, 0) is 19.3 Å². The zero-order valence-electron chi connectivity index (χ0n) is 21.6. The van der Waals surface area contributed by atoms with Crippen LogP contribution >= 0.6 is 0 Å². The Bertz CT molecular complexity index is 1630. The van der Waals surface area contributed by atoms with Gasteiger partial charge in [0, 0.05) is 26.1 Å². The maximum Gasteiger partial charge on any atom is 0.296 e. The van der Waals surface area contributed by atoms with Crippen LogP contribution in [0.15, 0.2) is 87.6 Å². The zero-order valence-corrected chi connectivity index (χ0v) is 22.5. The molecular weight excluding hydrogens is 518 g/mol. The minimum Gasteiger partial charge on any atom is -0.493 e. The molecule has 2 aromatic carbocycles. The highest BCUT2D eigenvalue weighted by atomic mass is 32.2. The minimum absolute atomic E-state index is 0.0985. The number of hydrogen-bond donors (Lipinski definition) is 1. The summed E-state index contributed by atoms with van der Waals surface area (Å²) < 4.78 is 40.2. The van der Waals surface area contributed by atoms with Gasteiger partial charge in [0.2, 0.25) is 15.7 Å². The van der Waals surface area contributed by atoms with Gasteiger partial charge in [0.1, 0.15) is 11.9 Å². The fourth-order valence-corrected chi connectivity index (χ4v) is 6.30. The molecule has 2 aromatic heterocycles. The molecule has 4 aromatic rings. The van der Waals surface area contributed by atoms with E-state index in [0.29, 0.717) is 13.0 Å². The van der Waals surface area contributed by atoms with Crippen molar-refractivity contribution in [2.75, 3.05) is 20.3 Å². The largest absolute Gasteiger partial charge is 0.493 e. The van der Waals surface area contributed by atoms with E-state index >= 15 is 0 Å². The van der Waals surface area contributed by atoms with Crippen molar-refractivity contribution >= 4 is 9.84 Å². The standard InChI is InChI=1S/C29H29N3O6S/c1-19-17-30-15-14-23(19)20-10-12-22(13-11-20)39(35,36)26-28(33)31-27(25-9-6-16-38-25)32(29(26)34)24(18-37-2)21-7-4-3-5-8-21/h3-5,7-8,10-15,17,24-25,34H,6,9,16,18H2,1-2H3/t24-,25?/m0/s1. The van der Waals surface area contributed by atoms with E-state index in [-0.39, 0.29) is 17.3 Å². The van der Waals surface area contributed by atoms with E-state index in [0.717, 1.165) is 28.7 Å². The van der Waals surface area contributed by atoms with Gasteiger partial charge >= 0.3 is 0 Å². The summed E-state index contributed by atoms with van der Waals surface area (Å²) in [6, 6.07) is 16.6. The zero-order chi connectivity index (χ0) is 27.6. The molecule has 1 N–H and O–H groups in total. The van der Waals surface area contributed by atoms with E-state index in [9.17, 15) is 18.3 Å². The molecule has 202 valence electrons. The Kier molecular flexibility index (Phi) is 7.60. The molecule has 2 atom stereocenters. The number of ether oxygens (including phenoxy) is 2. The maximum absolute atomic E-state index is 13.8. The third-order valence-corrected chi connectivity index (χ3v) is 8.68. The molecule has 0 bridgehead atoms. The van der Waals surface area contributed by atoms with Gasteiger partial charge in [-0.1, -0.05) is 42.5 Å². The second kappa shape index (κ2) is 11.1. The summed E-state index contributed by atoms with van der Waals surface area (Å²) in [5.41, 5.74) is 2.36. The first-order chi connectivity index (χ1) is 18.8. The number of pyridine rings is 1. The predicted molar refractivity (Wildman–Crippen MR) is 144 cm³/mol. The van der Waals surface area contributed by atoms with Crippen LogP contribution in [0.4, 0.5) is 0 Å². The van der Waals surface area contributed by atoms with E-state index in [1.807, 2.05) is 43.3 Å². The van der Waals surface area contributed by atoms with Gasteiger partial charge in [0.05, 0.1) is 17.5 Å². The summed E-state index contributed by atoms with van der Waals surface area (Å²) in [6.07, 6.45) is 4.17. The Morgan fingerprint density at radius 1 is 1.13 bits per heavy atom. The van der Waals surface area contributed by atoms with Crippen molar-refractivity contribution in [2.45, 2.75) is 41.7 Å². The number of rotatable bonds is 8. The lowest BCUT2D eigenvalue weighted by molar-refractivity contribution is 0.0925. The van der Waals surface area contributed by atoms with Crippen molar-refractivity contribution in [1.82, 2.24) is 14.5 Å². The third-order valence-electron chi connectivity index (χ3n) is 6.89. The molecule has 1 saturated heterocycles. The second-order valence-corrected chi connectivity index (χ2v) is 11.3. The molecule has 0 spiro atoms. The second-order valence-electron chi connectivity index (χ2n) is 9.40. The van der Waals surface area contributed by atoms with Crippen LogP contribution in [0.2, 0.25) is 0 Å². The van der Waals surface area contributed by atoms with E-state index in [4.69, 9.17) is 9.47 Å². The van der Waals surface area contributed by atoms with Crippen LogP contribution in [0.1, 0.15) is 41.9 Å². The lowest BCUT2D eigenvalue weighted by Crippen LogP contribution is -2.30. The monoisotopic (exact) mass is 547 g/mol. The van der Waals surface area contributed by atoms with E-state index in [2.05, 4.69) is 9.97 Å². The van der Waals surface area contributed by atoms with Crippen molar-refractivity contribution in [3.05, 3.63) is 100 Å². The Hall–Kier alpha value is -3.86. The number of aromatic hydroxyl groups is 1. The first kappa shape index (κ1) is 26.7. The van der Waals surface area contributed by atoms with Gasteiger partial charge in [0.25, 0.3) is 5.56 Å². The summed E-state index contributed by atoms with van der Waals surface area (Å²) in [6.45, 7) is 2.49. The maximum atomic E-state index is 13.8. The van der Waals surface area contributed by atoms with Crippen molar-refractivity contribution < 1.29 is 23.0 Å². The molecule has 10 heteroatoms. The molecule has 1 fully saturated rings. The van der Waals surface area contributed by atoms with Crippen LogP contribution in [0.3, 0.4) is 0 Å². The third kappa shape index (κ3) is 5.10. The minimum atomic E-state index is -4.44. The number of aryl methyl sites for hydroxylation is 1. The Morgan fingerprint density at radius 3 is 2.51 bits per heavy atom. The van der Waals surface area contributed by atoms with Crippen LogP contribution in [0, 0.1) is 6.92 Å². The number of aromatic nitrogens is 3. The van der Waals surface area contributed by atoms with E-state index in [1.165, 1.54) is 23.8 Å². The molecule has 0 radical (unpaired) electrons. The Morgan fingerprint density at radius 2 is 1.87 bits per heavy atom. The normalized spacial score (nSPS) is 16.3. The van der Waals surface area contributed by atoms with Crippen LogP contribution in [0.5, 0.6) is 5.88 Å². The number of benzene rings is 2. The molecule has 39 heavy (non-hydrogen) atoms. The molecule has 0 aliphatic carbocycles. The van der Waals surface area contributed by atoms with Gasteiger partial charge < -0.3 is 14.6 Å².